The van der Waals surface area contributed by atoms with Crippen LogP contribution in [-0.2, 0) is 4.79 Å². The van der Waals surface area contributed by atoms with E-state index in [0.29, 0.717) is 5.75 Å². The molecule has 0 saturated heterocycles. The third-order valence-corrected chi connectivity index (χ3v) is 2.46. The predicted octanol–water partition coefficient (Wildman–Crippen LogP) is 2.19. The van der Waals surface area contributed by atoms with E-state index in [1.807, 2.05) is 0 Å². The van der Waals surface area contributed by atoms with Gasteiger partial charge in [-0.3, -0.25) is 4.79 Å². The normalized spacial score (nSPS) is 19.9. The number of amides is 1. The van der Waals surface area contributed by atoms with Crippen LogP contribution in [0.4, 0.5) is 18.6 Å². The topological polar surface area (TPSA) is 29.5 Å². The Kier molecular flexibility index (Phi) is 2.77. The zero-order valence-corrected chi connectivity index (χ0v) is 9.07. The molecule has 0 N–H and O–H groups in total. The zero-order valence-electron chi connectivity index (χ0n) is 9.07. The van der Waals surface area contributed by atoms with Crippen LogP contribution in [0, 0.1) is 0 Å². The molecule has 17 heavy (non-hydrogen) atoms. The van der Waals surface area contributed by atoms with Crippen LogP contribution >= 0.6 is 0 Å². The summed E-state index contributed by atoms with van der Waals surface area (Å²) in [6.45, 7) is -3.62. The highest BCUT2D eigenvalue weighted by Gasteiger charge is 2.36. The van der Waals surface area contributed by atoms with E-state index in [-0.39, 0.29) is 5.69 Å². The molecular formula is C10H10BF3NO2-. The zero-order chi connectivity index (χ0) is 12.6. The van der Waals surface area contributed by atoms with Crippen molar-refractivity contribution < 1.29 is 22.5 Å². The number of anilines is 1. The Hall–Kier alpha value is -1.66. The minimum Gasteiger partial charge on any atom is -0.479 e. The number of hydrogen-bond donors (Lipinski definition) is 0. The molecule has 1 heterocycles. The molecule has 3 nitrogen and oxygen atoms in total. The van der Waals surface area contributed by atoms with Crippen LogP contribution in [0.2, 0.25) is 0 Å². The van der Waals surface area contributed by atoms with Crippen molar-refractivity contribution in [3.63, 3.8) is 0 Å². The largest absolute Gasteiger partial charge is 0.497 e. The summed E-state index contributed by atoms with van der Waals surface area (Å²) in [6, 6.07) is 6.22. The van der Waals surface area contributed by atoms with E-state index < -0.39 is 25.4 Å². The van der Waals surface area contributed by atoms with Gasteiger partial charge in [0.1, 0.15) is 5.75 Å². The second-order valence-corrected chi connectivity index (χ2v) is 3.89. The summed E-state index contributed by atoms with van der Waals surface area (Å²) in [5.41, 5.74) is 0.176. The second kappa shape index (κ2) is 3.98. The highest BCUT2D eigenvalue weighted by molar-refractivity contribution is 6.59. The second-order valence-electron chi connectivity index (χ2n) is 3.89. The number of para-hydroxylation sites is 2. The fourth-order valence-corrected chi connectivity index (χ4v) is 1.75. The first-order valence-corrected chi connectivity index (χ1v) is 5.16. The summed E-state index contributed by atoms with van der Waals surface area (Å²) in [6.07, 6.45) is -2.12. The van der Waals surface area contributed by atoms with Gasteiger partial charge in [-0.2, -0.15) is 0 Å². The number of carbonyl (C=O) groups excluding carboxylic acids is 1. The van der Waals surface area contributed by atoms with E-state index in [4.69, 9.17) is 4.74 Å². The molecule has 0 saturated carbocycles. The molecule has 0 aromatic heterocycles. The average molecular weight is 244 g/mol. The Morgan fingerprint density at radius 1 is 1.35 bits per heavy atom. The van der Waals surface area contributed by atoms with E-state index in [1.54, 1.807) is 18.2 Å². The molecule has 0 spiro atoms. The minimum absolute atomic E-state index is 0.176. The van der Waals surface area contributed by atoms with Crippen LogP contribution in [0.15, 0.2) is 24.3 Å². The predicted molar refractivity (Wildman–Crippen MR) is 58.0 cm³/mol. The first kappa shape index (κ1) is 11.8. The number of fused-ring (bicyclic) bond motifs is 1. The molecule has 1 aliphatic rings. The number of ether oxygens (including phenoxy) is 1. The quantitative estimate of drug-likeness (QED) is 0.746. The molecule has 0 aliphatic carbocycles. The van der Waals surface area contributed by atoms with Crippen molar-refractivity contribution in [3.05, 3.63) is 24.3 Å². The van der Waals surface area contributed by atoms with Crippen LogP contribution in [0.1, 0.15) is 6.92 Å². The summed E-state index contributed by atoms with van der Waals surface area (Å²) in [5, 5.41) is 0. The molecule has 1 aromatic rings. The van der Waals surface area contributed by atoms with Gasteiger partial charge in [0.05, 0.1) is 5.69 Å². The summed E-state index contributed by atoms with van der Waals surface area (Å²) >= 11 is 0. The lowest BCUT2D eigenvalue weighted by molar-refractivity contribution is -0.125. The van der Waals surface area contributed by atoms with Gasteiger partial charge in [0, 0.05) is 0 Å². The molecule has 92 valence electrons. The van der Waals surface area contributed by atoms with E-state index in [9.17, 15) is 17.7 Å². The summed E-state index contributed by atoms with van der Waals surface area (Å²) in [7, 11) is 0. The lowest BCUT2D eigenvalue weighted by Gasteiger charge is -2.35. The van der Waals surface area contributed by atoms with Gasteiger partial charge in [0.15, 0.2) is 6.10 Å². The number of rotatable bonds is 2. The summed E-state index contributed by atoms with van der Waals surface area (Å²) in [5.74, 6) is -0.359. The van der Waals surface area contributed by atoms with Gasteiger partial charge >= 0.3 is 6.98 Å². The third kappa shape index (κ3) is 2.37. The number of hydrogen-bond acceptors (Lipinski definition) is 2. The number of halogens is 3. The molecule has 2 rings (SSSR count). The highest BCUT2D eigenvalue weighted by atomic mass is 19.4. The van der Waals surface area contributed by atoms with Crippen molar-refractivity contribution in [1.29, 1.82) is 0 Å². The van der Waals surface area contributed by atoms with Gasteiger partial charge in [0.2, 0.25) is 0 Å². The first-order valence-electron chi connectivity index (χ1n) is 5.16. The van der Waals surface area contributed by atoms with Crippen molar-refractivity contribution in [2.24, 2.45) is 0 Å². The van der Waals surface area contributed by atoms with Crippen LogP contribution in [0.3, 0.4) is 0 Å². The maximum Gasteiger partial charge on any atom is 0.497 e. The highest BCUT2D eigenvalue weighted by Crippen LogP contribution is 2.34. The van der Waals surface area contributed by atoms with Crippen LogP contribution in [-0.4, -0.2) is 25.4 Å². The van der Waals surface area contributed by atoms with Crippen molar-refractivity contribution in [2.45, 2.75) is 13.0 Å². The number of carbonyl (C=O) groups is 1. The van der Waals surface area contributed by atoms with Gasteiger partial charge < -0.3 is 22.6 Å². The smallest absolute Gasteiger partial charge is 0.479 e. The van der Waals surface area contributed by atoms with E-state index in [0.717, 1.165) is 4.90 Å². The maximum absolute atomic E-state index is 12.5. The molecule has 1 aliphatic heterocycles. The van der Waals surface area contributed by atoms with Crippen LogP contribution in [0.5, 0.6) is 5.75 Å². The van der Waals surface area contributed by atoms with E-state index in [2.05, 4.69) is 0 Å². The molecular weight excluding hydrogens is 234 g/mol. The Morgan fingerprint density at radius 2 is 2.00 bits per heavy atom. The molecule has 1 amide bonds. The molecule has 1 unspecified atom stereocenters. The summed E-state index contributed by atoms with van der Waals surface area (Å²) in [4.78, 5) is 12.4. The summed E-state index contributed by atoms with van der Waals surface area (Å²) < 4.78 is 42.6. The van der Waals surface area contributed by atoms with Crippen molar-refractivity contribution in [1.82, 2.24) is 0 Å². The minimum atomic E-state index is -5.06. The van der Waals surface area contributed by atoms with Gasteiger partial charge in [-0.1, -0.05) is 12.1 Å². The molecule has 0 bridgehead atoms. The molecule has 1 aromatic carbocycles. The standard InChI is InChI=1S/C10H10BF3NO2/c1-7-10(16)15(6-11(12,13)14)8-4-2-3-5-9(8)17-7/h2-5,7H,6H2,1H3/q-1. The lowest BCUT2D eigenvalue weighted by atomic mass is 9.90. The Balaban J connectivity index is 2.39. The molecule has 7 heteroatoms. The monoisotopic (exact) mass is 244 g/mol. The molecule has 0 radical (unpaired) electrons. The van der Waals surface area contributed by atoms with Gasteiger partial charge in [0.25, 0.3) is 5.91 Å². The maximum atomic E-state index is 12.5. The SMILES string of the molecule is CC1Oc2ccccc2N(C[B-](F)(F)F)C1=O. The van der Waals surface area contributed by atoms with Crippen molar-refractivity contribution in [3.8, 4) is 5.75 Å². The van der Waals surface area contributed by atoms with Crippen molar-refractivity contribution in [2.75, 3.05) is 11.3 Å². The fraction of sp³-hybridized carbons (Fsp3) is 0.300. The lowest BCUT2D eigenvalue weighted by Crippen LogP contribution is -2.49. The van der Waals surface area contributed by atoms with Gasteiger partial charge in [-0.15, -0.1) is 0 Å². The average Bonchev–Trinajstić information content (AvgIpc) is 2.23. The molecule has 0 fully saturated rings. The number of nitrogens with zero attached hydrogens (tertiary/aromatic N) is 1. The fourth-order valence-electron chi connectivity index (χ4n) is 1.75. The van der Waals surface area contributed by atoms with Crippen molar-refractivity contribution >= 4 is 18.6 Å². The number of benzene rings is 1. The first-order chi connectivity index (χ1) is 7.88. The Morgan fingerprint density at radius 3 is 2.65 bits per heavy atom. The van der Waals surface area contributed by atoms with Crippen LogP contribution < -0.4 is 9.64 Å². The Bertz CT molecular complexity index is 449. The third-order valence-electron chi connectivity index (χ3n) is 2.46. The van der Waals surface area contributed by atoms with Crippen LogP contribution in [0.25, 0.3) is 0 Å². The van der Waals surface area contributed by atoms with E-state index in [1.165, 1.54) is 13.0 Å². The Labute approximate surface area is 96.2 Å². The van der Waals surface area contributed by atoms with Gasteiger partial charge in [-0.25, -0.2) is 0 Å². The molecule has 1 atom stereocenters. The van der Waals surface area contributed by atoms with E-state index >= 15 is 0 Å². The van der Waals surface area contributed by atoms with Gasteiger partial charge in [-0.05, 0) is 25.5 Å².